The molecule has 148 valence electrons. The van der Waals surface area contributed by atoms with E-state index in [2.05, 4.69) is 15.7 Å². The van der Waals surface area contributed by atoms with Crippen LogP contribution < -0.4 is 10.7 Å². The highest BCUT2D eigenvalue weighted by atomic mass is 19.1. The van der Waals surface area contributed by atoms with Crippen LogP contribution in [0.25, 0.3) is 22.4 Å². The second-order valence-electron chi connectivity index (χ2n) is 6.61. The number of carbonyl (C=O) groups is 2. The van der Waals surface area contributed by atoms with Crippen LogP contribution in [0.4, 0.5) is 10.2 Å². The molecular formula is C20H19FN6O2. The van der Waals surface area contributed by atoms with E-state index >= 15 is 0 Å². The number of amides is 2. The average Bonchev–Trinajstić information content (AvgIpc) is 3.11. The Bertz CT molecular complexity index is 1050. The molecule has 1 aliphatic rings. The average molecular weight is 394 g/mol. The molecule has 29 heavy (non-hydrogen) atoms. The minimum absolute atomic E-state index is 0.0914. The van der Waals surface area contributed by atoms with E-state index in [9.17, 15) is 14.0 Å². The van der Waals surface area contributed by atoms with Crippen LogP contribution in [0.2, 0.25) is 0 Å². The zero-order valence-electron chi connectivity index (χ0n) is 15.7. The first-order valence-corrected chi connectivity index (χ1v) is 9.11. The lowest BCUT2D eigenvalue weighted by Gasteiger charge is -2.29. The van der Waals surface area contributed by atoms with E-state index in [-0.39, 0.29) is 24.2 Å². The summed E-state index contributed by atoms with van der Waals surface area (Å²) >= 11 is 0. The largest absolute Gasteiger partial charge is 0.347 e. The summed E-state index contributed by atoms with van der Waals surface area (Å²) < 4.78 is 15.2. The number of nitrogens with one attached hydrogen (secondary N) is 2. The number of hydrazine groups is 1. The molecule has 1 aromatic carbocycles. The van der Waals surface area contributed by atoms with Crippen LogP contribution in [0.1, 0.15) is 6.92 Å². The van der Waals surface area contributed by atoms with Crippen molar-refractivity contribution < 1.29 is 14.0 Å². The van der Waals surface area contributed by atoms with Crippen molar-refractivity contribution in [3.63, 3.8) is 0 Å². The molecular weight excluding hydrogens is 375 g/mol. The van der Waals surface area contributed by atoms with Crippen LogP contribution in [0.15, 0.2) is 48.8 Å². The molecule has 2 amide bonds. The van der Waals surface area contributed by atoms with Gasteiger partial charge in [-0.2, -0.15) is 5.10 Å². The highest BCUT2D eigenvalue weighted by Crippen LogP contribution is 2.38. The third kappa shape index (κ3) is 3.79. The molecule has 0 spiro atoms. The lowest BCUT2D eigenvalue weighted by Crippen LogP contribution is -2.47. The number of carbonyl (C=O) groups excluding carboxylic acids is 2. The topological polar surface area (TPSA) is 92.2 Å². The number of halogens is 1. The Hall–Kier alpha value is -3.75. The van der Waals surface area contributed by atoms with Gasteiger partial charge in [-0.3, -0.25) is 25.0 Å². The lowest BCUT2D eigenvalue weighted by molar-refractivity contribution is -0.131. The van der Waals surface area contributed by atoms with Crippen LogP contribution in [-0.4, -0.2) is 44.7 Å². The number of benzene rings is 1. The number of nitrogens with zero attached hydrogens (tertiary/aromatic N) is 4. The fourth-order valence-electron chi connectivity index (χ4n) is 3.20. The molecule has 8 nitrogen and oxygen atoms in total. The van der Waals surface area contributed by atoms with Crippen molar-refractivity contribution in [2.45, 2.75) is 13.5 Å². The van der Waals surface area contributed by atoms with Gasteiger partial charge in [0.2, 0.25) is 5.91 Å². The van der Waals surface area contributed by atoms with E-state index in [1.807, 2.05) is 12.1 Å². The number of anilines is 1. The first-order valence-electron chi connectivity index (χ1n) is 9.11. The number of aromatic nitrogens is 3. The molecule has 0 radical (unpaired) electrons. The molecule has 4 rings (SSSR count). The fraction of sp³-hybridized carbons (Fsp3) is 0.200. The summed E-state index contributed by atoms with van der Waals surface area (Å²) in [5, 5.41) is 8.68. The van der Waals surface area contributed by atoms with Gasteiger partial charge in [-0.25, -0.2) is 9.07 Å². The van der Waals surface area contributed by atoms with Crippen molar-refractivity contribution in [2.75, 3.05) is 18.5 Å². The van der Waals surface area contributed by atoms with Gasteiger partial charge in [-0.05, 0) is 42.0 Å². The van der Waals surface area contributed by atoms with Gasteiger partial charge in [-0.1, -0.05) is 0 Å². The Kier molecular flexibility index (Phi) is 4.94. The second-order valence-corrected chi connectivity index (χ2v) is 6.61. The van der Waals surface area contributed by atoms with E-state index in [0.29, 0.717) is 24.6 Å². The van der Waals surface area contributed by atoms with Gasteiger partial charge >= 0.3 is 0 Å². The normalized spacial score (nSPS) is 12.8. The summed E-state index contributed by atoms with van der Waals surface area (Å²) in [7, 11) is 0. The predicted octanol–water partition coefficient (Wildman–Crippen LogP) is 2.06. The number of hydrogen-bond donors (Lipinski definition) is 2. The highest BCUT2D eigenvalue weighted by Gasteiger charge is 2.27. The van der Waals surface area contributed by atoms with E-state index in [4.69, 9.17) is 5.10 Å². The second kappa shape index (κ2) is 7.70. The zero-order chi connectivity index (χ0) is 20.4. The Balaban J connectivity index is 1.74. The number of hydrogen-bond acceptors (Lipinski definition) is 5. The molecule has 3 heterocycles. The van der Waals surface area contributed by atoms with Gasteiger partial charge in [0.1, 0.15) is 11.5 Å². The van der Waals surface area contributed by atoms with Crippen LogP contribution in [0.3, 0.4) is 0 Å². The molecule has 0 atom stereocenters. The fourth-order valence-corrected chi connectivity index (χ4v) is 3.20. The van der Waals surface area contributed by atoms with Gasteiger partial charge < -0.3 is 5.32 Å². The smallest absolute Gasteiger partial charge is 0.260 e. The Morgan fingerprint density at radius 3 is 2.52 bits per heavy atom. The molecule has 0 aliphatic carbocycles. The number of fused-ring (bicyclic) bond motifs is 1. The molecule has 0 saturated carbocycles. The molecule has 0 unspecified atom stereocenters. The van der Waals surface area contributed by atoms with Crippen molar-refractivity contribution in [1.29, 1.82) is 0 Å². The Morgan fingerprint density at radius 2 is 1.83 bits per heavy atom. The van der Waals surface area contributed by atoms with Crippen LogP contribution in [0, 0.1) is 5.82 Å². The maximum Gasteiger partial charge on any atom is 0.260 e. The lowest BCUT2D eigenvalue weighted by atomic mass is 10.0. The van der Waals surface area contributed by atoms with E-state index in [0.717, 1.165) is 16.7 Å². The van der Waals surface area contributed by atoms with E-state index in [1.165, 1.54) is 24.1 Å². The van der Waals surface area contributed by atoms with E-state index in [1.54, 1.807) is 29.2 Å². The number of pyridine rings is 1. The molecule has 2 N–H and O–H groups in total. The number of rotatable bonds is 4. The summed E-state index contributed by atoms with van der Waals surface area (Å²) in [6.45, 7) is 2.15. The summed E-state index contributed by atoms with van der Waals surface area (Å²) in [6.07, 6.45) is 3.35. The molecule has 3 aromatic rings. The molecule has 0 bridgehead atoms. The van der Waals surface area contributed by atoms with Gasteiger partial charge in [0.15, 0.2) is 5.82 Å². The Morgan fingerprint density at radius 1 is 1.10 bits per heavy atom. The van der Waals surface area contributed by atoms with Crippen molar-refractivity contribution in [3.05, 3.63) is 54.6 Å². The third-order valence-corrected chi connectivity index (χ3v) is 4.60. The summed E-state index contributed by atoms with van der Waals surface area (Å²) in [5.41, 5.74) is 6.22. The standard InChI is InChI=1S/C20H19FN6O2/c1-13(28)23-12-17(29)26-10-11-27-20(25-26)18(14-6-8-22-9-7-14)19(24-27)15-2-4-16(21)5-3-15/h2-9,25H,10-12H2,1H3,(H,23,28). The van der Waals surface area contributed by atoms with Gasteiger partial charge in [0.05, 0.1) is 25.2 Å². The Labute approximate surface area is 166 Å². The van der Waals surface area contributed by atoms with Gasteiger partial charge in [0.25, 0.3) is 5.91 Å². The minimum atomic E-state index is -0.323. The van der Waals surface area contributed by atoms with Crippen LogP contribution in [0.5, 0.6) is 0 Å². The molecule has 9 heteroatoms. The highest BCUT2D eigenvalue weighted by molar-refractivity contribution is 5.91. The SMILES string of the molecule is CC(=O)NCC(=O)N1CCn2nc(-c3ccc(F)cc3)c(-c3ccncc3)c2N1. The van der Waals surface area contributed by atoms with Crippen molar-refractivity contribution in [1.82, 2.24) is 25.1 Å². The maximum atomic E-state index is 13.4. The van der Waals surface area contributed by atoms with Crippen LogP contribution in [-0.2, 0) is 16.1 Å². The third-order valence-electron chi connectivity index (χ3n) is 4.60. The van der Waals surface area contributed by atoms with Crippen LogP contribution >= 0.6 is 0 Å². The summed E-state index contributed by atoms with van der Waals surface area (Å²) in [6, 6.07) is 9.83. The molecule has 2 aromatic heterocycles. The maximum absolute atomic E-state index is 13.4. The predicted molar refractivity (Wildman–Crippen MR) is 105 cm³/mol. The first-order chi connectivity index (χ1) is 14.0. The van der Waals surface area contributed by atoms with Gasteiger partial charge in [-0.15, -0.1) is 0 Å². The van der Waals surface area contributed by atoms with E-state index < -0.39 is 0 Å². The van der Waals surface area contributed by atoms with Gasteiger partial charge in [0, 0.05) is 24.9 Å². The molecule has 0 fully saturated rings. The van der Waals surface area contributed by atoms with Crippen molar-refractivity contribution in [3.8, 4) is 22.4 Å². The minimum Gasteiger partial charge on any atom is -0.347 e. The summed E-state index contributed by atoms with van der Waals surface area (Å²) in [4.78, 5) is 27.6. The molecule has 1 aliphatic heterocycles. The summed E-state index contributed by atoms with van der Waals surface area (Å²) in [5.74, 6) is -0.192. The monoisotopic (exact) mass is 394 g/mol. The van der Waals surface area contributed by atoms with Crippen molar-refractivity contribution >= 4 is 17.6 Å². The first kappa shape index (κ1) is 18.6. The zero-order valence-corrected chi connectivity index (χ0v) is 15.7. The van der Waals surface area contributed by atoms with Crippen molar-refractivity contribution in [2.24, 2.45) is 0 Å². The molecule has 0 saturated heterocycles. The quantitative estimate of drug-likeness (QED) is 0.707.